The summed E-state index contributed by atoms with van der Waals surface area (Å²) < 4.78 is 26.0. The molecular formula is C26H27N3O4S. The summed E-state index contributed by atoms with van der Waals surface area (Å²) in [6, 6.07) is 16.5. The Labute approximate surface area is 199 Å². The molecule has 0 fully saturated rings. The summed E-state index contributed by atoms with van der Waals surface area (Å²) in [5.41, 5.74) is 2.53. The van der Waals surface area contributed by atoms with Gasteiger partial charge in [-0.2, -0.15) is 0 Å². The summed E-state index contributed by atoms with van der Waals surface area (Å²) >= 11 is 0. The van der Waals surface area contributed by atoms with Crippen LogP contribution in [0.1, 0.15) is 45.2 Å². The number of sulfone groups is 1. The fourth-order valence-corrected chi connectivity index (χ4v) is 5.07. The van der Waals surface area contributed by atoms with Crippen LogP contribution in [0.4, 0.5) is 0 Å². The van der Waals surface area contributed by atoms with Crippen molar-refractivity contribution in [1.82, 2.24) is 15.0 Å². The van der Waals surface area contributed by atoms with Crippen LogP contribution in [0.15, 0.2) is 70.5 Å². The van der Waals surface area contributed by atoms with Crippen molar-refractivity contribution < 1.29 is 18.3 Å². The second-order valence-electron chi connectivity index (χ2n) is 9.42. The van der Waals surface area contributed by atoms with Crippen LogP contribution in [0.3, 0.4) is 0 Å². The Balaban J connectivity index is 1.82. The van der Waals surface area contributed by atoms with Crippen LogP contribution in [0.2, 0.25) is 0 Å². The molecule has 176 valence electrons. The van der Waals surface area contributed by atoms with E-state index in [-0.39, 0.29) is 26.7 Å². The van der Waals surface area contributed by atoms with E-state index >= 15 is 0 Å². The molecule has 0 spiro atoms. The van der Waals surface area contributed by atoms with E-state index in [2.05, 4.69) is 10.2 Å². The van der Waals surface area contributed by atoms with Gasteiger partial charge in [-0.25, -0.2) is 8.42 Å². The lowest BCUT2D eigenvalue weighted by Crippen LogP contribution is -2.14. The molecule has 34 heavy (non-hydrogen) atoms. The van der Waals surface area contributed by atoms with Crippen molar-refractivity contribution in [3.8, 4) is 11.4 Å². The fraction of sp³-hybridized carbons (Fsp3) is 0.269. The molecule has 0 radical (unpaired) electrons. The van der Waals surface area contributed by atoms with E-state index in [4.69, 9.17) is 0 Å². The lowest BCUT2D eigenvalue weighted by Gasteiger charge is -2.23. The number of aryl methyl sites for hydroxylation is 1. The zero-order chi connectivity index (χ0) is 24.7. The maximum Gasteiger partial charge on any atom is 0.206 e. The summed E-state index contributed by atoms with van der Waals surface area (Å²) in [6.45, 7) is 7.53. The number of hydrogen-bond donors (Lipinski definition) is 1. The number of Topliss-reactive ketones (excluding diaryl/α,β-unsaturated/α-hetero) is 1. The first-order chi connectivity index (χ1) is 16.0. The Morgan fingerprint density at radius 3 is 2.26 bits per heavy atom. The van der Waals surface area contributed by atoms with E-state index in [1.54, 1.807) is 49.4 Å². The molecular weight excluding hydrogens is 450 g/mol. The molecule has 4 aromatic rings. The standard InChI is InChI=1S/C26H27N3O4S/c1-17(30)10-11-18-14-21(26(2,3)4)25(31)24(15-18)29-27-22-13-12-20(16-23(22)28-29)34(32,33)19-8-6-5-7-9-19/h5-9,12-16,31H,10-11H2,1-4H3. The average molecular weight is 478 g/mol. The SMILES string of the molecule is CC(=O)CCc1cc(-n2nc3ccc(S(=O)(=O)c4ccccc4)cc3n2)c(O)c(C(C)(C)C)c1. The lowest BCUT2D eigenvalue weighted by atomic mass is 9.84. The van der Waals surface area contributed by atoms with E-state index in [0.29, 0.717) is 29.6 Å². The smallest absolute Gasteiger partial charge is 0.206 e. The van der Waals surface area contributed by atoms with Gasteiger partial charge in [0.1, 0.15) is 28.3 Å². The first-order valence-corrected chi connectivity index (χ1v) is 12.5. The first kappa shape index (κ1) is 23.6. The third-order valence-corrected chi connectivity index (χ3v) is 7.42. The van der Waals surface area contributed by atoms with Gasteiger partial charge in [0.15, 0.2) is 0 Å². The Morgan fingerprint density at radius 1 is 0.941 bits per heavy atom. The molecule has 1 aromatic heterocycles. The molecule has 3 aromatic carbocycles. The molecule has 1 N–H and O–H groups in total. The number of hydrogen-bond acceptors (Lipinski definition) is 6. The molecule has 0 aliphatic rings. The van der Waals surface area contributed by atoms with Crippen LogP contribution in [0, 0.1) is 0 Å². The molecule has 0 saturated heterocycles. The molecule has 0 saturated carbocycles. The van der Waals surface area contributed by atoms with Crippen molar-refractivity contribution in [3.05, 3.63) is 71.8 Å². The van der Waals surface area contributed by atoms with Crippen LogP contribution in [-0.2, 0) is 26.5 Å². The number of phenols is 1. The van der Waals surface area contributed by atoms with Crippen LogP contribution >= 0.6 is 0 Å². The third-order valence-electron chi connectivity index (χ3n) is 5.65. The number of aromatic hydroxyl groups is 1. The molecule has 0 unspecified atom stereocenters. The summed E-state index contributed by atoms with van der Waals surface area (Å²) in [5.74, 6) is 0.138. The van der Waals surface area contributed by atoms with Gasteiger partial charge in [0.05, 0.1) is 9.79 Å². The third kappa shape index (κ3) is 4.59. The van der Waals surface area contributed by atoms with E-state index in [9.17, 15) is 18.3 Å². The van der Waals surface area contributed by atoms with E-state index in [1.807, 2.05) is 26.8 Å². The molecule has 1 heterocycles. The Kier molecular flexibility index (Phi) is 6.03. The molecule has 0 aliphatic heterocycles. The summed E-state index contributed by atoms with van der Waals surface area (Å²) in [7, 11) is -3.70. The average Bonchev–Trinajstić information content (AvgIpc) is 3.21. The highest BCUT2D eigenvalue weighted by atomic mass is 32.2. The minimum atomic E-state index is -3.70. The Morgan fingerprint density at radius 2 is 1.62 bits per heavy atom. The molecule has 0 bridgehead atoms. The van der Waals surface area contributed by atoms with Gasteiger partial charge in [-0.1, -0.05) is 45.0 Å². The van der Waals surface area contributed by atoms with Crippen LogP contribution < -0.4 is 0 Å². The van der Waals surface area contributed by atoms with Gasteiger partial charge in [0, 0.05) is 12.0 Å². The number of phenolic OH excluding ortho intramolecular Hbond substituents is 1. The van der Waals surface area contributed by atoms with E-state index in [1.165, 1.54) is 16.9 Å². The highest BCUT2D eigenvalue weighted by Crippen LogP contribution is 2.36. The number of nitrogens with zero attached hydrogens (tertiary/aromatic N) is 3. The largest absolute Gasteiger partial charge is 0.505 e. The molecule has 4 rings (SSSR count). The van der Waals surface area contributed by atoms with Gasteiger partial charge in [-0.15, -0.1) is 15.0 Å². The first-order valence-electron chi connectivity index (χ1n) is 11.0. The number of carbonyl (C=O) groups excluding carboxylic acids is 1. The predicted octanol–water partition coefficient (Wildman–Crippen LogP) is 4.78. The lowest BCUT2D eigenvalue weighted by molar-refractivity contribution is -0.116. The van der Waals surface area contributed by atoms with Crippen LogP contribution in [-0.4, -0.2) is 34.3 Å². The molecule has 0 atom stereocenters. The fourth-order valence-electron chi connectivity index (χ4n) is 3.77. The molecule has 7 nitrogen and oxygen atoms in total. The number of rotatable bonds is 6. The van der Waals surface area contributed by atoms with Gasteiger partial charge < -0.3 is 9.90 Å². The number of benzene rings is 3. The number of ketones is 1. The normalized spacial score (nSPS) is 12.2. The summed E-state index contributed by atoms with van der Waals surface area (Å²) in [4.78, 5) is 13.2. The van der Waals surface area contributed by atoms with Crippen LogP contribution in [0.25, 0.3) is 16.7 Å². The van der Waals surface area contributed by atoms with Crippen molar-refractivity contribution in [2.24, 2.45) is 0 Å². The van der Waals surface area contributed by atoms with Crippen molar-refractivity contribution in [2.45, 2.75) is 55.7 Å². The zero-order valence-electron chi connectivity index (χ0n) is 19.6. The Hall–Kier alpha value is -3.52. The van der Waals surface area contributed by atoms with Crippen molar-refractivity contribution in [1.29, 1.82) is 0 Å². The minimum absolute atomic E-state index is 0.0523. The van der Waals surface area contributed by atoms with Gasteiger partial charge in [0.25, 0.3) is 0 Å². The minimum Gasteiger partial charge on any atom is -0.505 e. The monoisotopic (exact) mass is 477 g/mol. The van der Waals surface area contributed by atoms with Crippen molar-refractivity contribution >= 4 is 26.7 Å². The topological polar surface area (TPSA) is 102 Å². The maximum atomic E-state index is 13.0. The highest BCUT2D eigenvalue weighted by Gasteiger charge is 2.24. The Bertz CT molecular complexity index is 1480. The van der Waals surface area contributed by atoms with Crippen molar-refractivity contribution in [3.63, 3.8) is 0 Å². The highest BCUT2D eigenvalue weighted by molar-refractivity contribution is 7.91. The van der Waals surface area contributed by atoms with E-state index in [0.717, 1.165) is 11.1 Å². The second kappa shape index (κ2) is 8.68. The van der Waals surface area contributed by atoms with Gasteiger partial charge in [0.2, 0.25) is 9.84 Å². The van der Waals surface area contributed by atoms with Gasteiger partial charge >= 0.3 is 0 Å². The summed E-state index contributed by atoms with van der Waals surface area (Å²) in [5, 5.41) is 20.0. The molecule has 8 heteroatoms. The number of carbonyl (C=O) groups is 1. The quantitative estimate of drug-likeness (QED) is 0.429. The predicted molar refractivity (Wildman–Crippen MR) is 130 cm³/mol. The summed E-state index contributed by atoms with van der Waals surface area (Å²) in [6.07, 6.45) is 0.926. The van der Waals surface area contributed by atoms with E-state index < -0.39 is 9.84 Å². The second-order valence-corrected chi connectivity index (χ2v) is 11.4. The maximum absolute atomic E-state index is 13.0. The molecule has 0 amide bonds. The van der Waals surface area contributed by atoms with Crippen LogP contribution in [0.5, 0.6) is 5.75 Å². The van der Waals surface area contributed by atoms with Gasteiger partial charge in [-0.05, 0) is 60.7 Å². The number of fused-ring (bicyclic) bond motifs is 1. The zero-order valence-corrected chi connectivity index (χ0v) is 20.4. The van der Waals surface area contributed by atoms with Gasteiger partial charge in [-0.3, -0.25) is 0 Å². The molecule has 0 aliphatic carbocycles. The van der Waals surface area contributed by atoms with Crippen molar-refractivity contribution in [2.75, 3.05) is 0 Å². The number of aromatic nitrogens is 3.